The number of aromatic nitrogens is 4. The first-order valence-corrected chi connectivity index (χ1v) is 14.1. The number of fused-ring (bicyclic) bond motifs is 2. The lowest BCUT2D eigenvalue weighted by molar-refractivity contribution is 0.00578. The Morgan fingerprint density at radius 1 is 0.625 bits per heavy atom. The van der Waals surface area contributed by atoms with Gasteiger partial charge in [-0.25, -0.2) is 9.97 Å². The fourth-order valence-corrected chi connectivity index (χ4v) is 5.08. The van der Waals surface area contributed by atoms with E-state index in [-0.39, 0.29) is 18.3 Å². The molecule has 1 aliphatic rings. The van der Waals surface area contributed by atoms with E-state index in [9.17, 15) is 0 Å². The summed E-state index contributed by atoms with van der Waals surface area (Å²) in [5.74, 6) is 0. The number of benzene rings is 4. The minimum absolute atomic E-state index is 0.337. The third-order valence-electron chi connectivity index (χ3n) is 7.67. The van der Waals surface area contributed by atoms with Crippen molar-refractivity contribution in [3.63, 3.8) is 0 Å². The molecule has 0 atom stereocenters. The molecule has 3 heterocycles. The Bertz CT molecular complexity index is 1770. The number of hydrogen-bond donors (Lipinski definition) is 0. The van der Waals surface area contributed by atoms with Gasteiger partial charge in [0.25, 0.3) is 0 Å². The fraction of sp³-hybridized carbons (Fsp3) is 0.188. The predicted octanol–water partition coefficient (Wildman–Crippen LogP) is 7.11. The van der Waals surface area contributed by atoms with Gasteiger partial charge in [0.05, 0.1) is 33.3 Å². The van der Waals surface area contributed by atoms with E-state index in [1.165, 1.54) is 0 Å². The molecule has 1 aliphatic heterocycles. The molecule has 7 rings (SSSR count). The van der Waals surface area contributed by atoms with E-state index in [2.05, 4.69) is 111 Å². The predicted molar refractivity (Wildman–Crippen MR) is 166 cm³/mol. The summed E-state index contributed by atoms with van der Waals surface area (Å²) in [6, 6.07) is 32.7. The molecule has 2 aromatic heterocycles. The van der Waals surface area contributed by atoms with E-state index in [1.807, 2.05) is 61.2 Å². The van der Waals surface area contributed by atoms with Crippen LogP contribution in [-0.2, 0) is 9.31 Å². The zero-order chi connectivity index (χ0) is 27.9. The Hall–Kier alpha value is -3.72. The number of para-hydroxylation sites is 2. The van der Waals surface area contributed by atoms with Gasteiger partial charge in [-0.05, 0) is 87.8 Å². The third-order valence-corrected chi connectivity index (χ3v) is 8.17. The van der Waals surface area contributed by atoms with Crippen molar-refractivity contribution >= 4 is 50.6 Å². The first kappa shape index (κ1) is 26.5. The maximum absolute atomic E-state index is 6.13. The van der Waals surface area contributed by atoms with Gasteiger partial charge in [0.1, 0.15) is 12.7 Å². The highest BCUT2D eigenvalue weighted by Gasteiger charge is 2.51. The number of hydrogen-bond acceptors (Lipinski definition) is 4. The zero-order valence-corrected chi connectivity index (χ0v) is 24.5. The van der Waals surface area contributed by atoms with Crippen LogP contribution in [0.1, 0.15) is 27.7 Å². The van der Waals surface area contributed by atoms with Crippen LogP contribution >= 0.6 is 15.9 Å². The summed E-state index contributed by atoms with van der Waals surface area (Å²) >= 11 is 3.45. The molecule has 40 heavy (non-hydrogen) atoms. The van der Waals surface area contributed by atoms with Gasteiger partial charge in [0, 0.05) is 15.8 Å². The van der Waals surface area contributed by atoms with Crippen molar-refractivity contribution < 1.29 is 9.31 Å². The Labute approximate surface area is 242 Å². The molecule has 0 radical (unpaired) electrons. The molecule has 6 aromatic rings. The van der Waals surface area contributed by atoms with Crippen LogP contribution in [0.4, 0.5) is 0 Å². The van der Waals surface area contributed by atoms with Gasteiger partial charge in [0.15, 0.2) is 0 Å². The molecule has 1 saturated heterocycles. The van der Waals surface area contributed by atoms with Crippen molar-refractivity contribution in [2.45, 2.75) is 38.9 Å². The van der Waals surface area contributed by atoms with Crippen molar-refractivity contribution in [1.82, 2.24) is 19.1 Å². The summed E-state index contributed by atoms with van der Waals surface area (Å²) in [4.78, 5) is 8.94. The second kappa shape index (κ2) is 10.4. The normalized spacial score (nSPS) is 15.8. The maximum Gasteiger partial charge on any atom is 0.494 e. The average molecular weight is 593 g/mol. The highest BCUT2D eigenvalue weighted by molar-refractivity contribution is 9.10. The van der Waals surface area contributed by atoms with Crippen molar-refractivity contribution in [3.05, 3.63) is 114 Å². The fourth-order valence-electron chi connectivity index (χ4n) is 4.73. The van der Waals surface area contributed by atoms with Gasteiger partial charge in [0.2, 0.25) is 0 Å². The lowest BCUT2D eigenvalue weighted by Gasteiger charge is -2.32. The molecular formula is C32H30BBrN4O2. The molecule has 8 heteroatoms. The molecule has 200 valence electrons. The van der Waals surface area contributed by atoms with E-state index in [0.29, 0.717) is 0 Å². The largest absolute Gasteiger partial charge is 0.494 e. The zero-order valence-electron chi connectivity index (χ0n) is 23.0. The van der Waals surface area contributed by atoms with Crippen LogP contribution in [0, 0.1) is 0 Å². The van der Waals surface area contributed by atoms with Gasteiger partial charge >= 0.3 is 7.12 Å². The average Bonchev–Trinajstić information content (AvgIpc) is 3.63. The Morgan fingerprint density at radius 2 is 1.10 bits per heavy atom. The van der Waals surface area contributed by atoms with Crippen LogP contribution in [0.2, 0.25) is 0 Å². The molecule has 0 amide bonds. The highest BCUT2D eigenvalue weighted by Crippen LogP contribution is 2.36. The smallest absolute Gasteiger partial charge is 0.399 e. The van der Waals surface area contributed by atoms with Crippen LogP contribution in [0.5, 0.6) is 0 Å². The van der Waals surface area contributed by atoms with Crippen molar-refractivity contribution in [2.24, 2.45) is 0 Å². The quantitative estimate of drug-likeness (QED) is 0.205. The SMILES string of the molecule is Brc1ccc2c(c1)ncn2-c1ccccc1.CC1(C)OB(c2ccc3c(c2)ncn3-c2ccccc2)OC1(C)C. The van der Waals surface area contributed by atoms with Crippen molar-refractivity contribution in [3.8, 4) is 11.4 Å². The lowest BCUT2D eigenvalue weighted by Crippen LogP contribution is -2.41. The first-order valence-electron chi connectivity index (χ1n) is 13.3. The van der Waals surface area contributed by atoms with Crippen LogP contribution in [-0.4, -0.2) is 37.4 Å². The van der Waals surface area contributed by atoms with Crippen LogP contribution in [0.15, 0.2) is 114 Å². The first-order chi connectivity index (χ1) is 19.2. The Balaban J connectivity index is 0.000000157. The second-order valence-corrected chi connectivity index (χ2v) is 11.8. The van der Waals surface area contributed by atoms with Gasteiger partial charge in [-0.3, -0.25) is 9.13 Å². The second-order valence-electron chi connectivity index (χ2n) is 10.9. The Morgan fingerprint density at radius 3 is 1.62 bits per heavy atom. The maximum atomic E-state index is 6.13. The van der Waals surface area contributed by atoms with E-state index in [4.69, 9.17) is 9.31 Å². The monoisotopic (exact) mass is 592 g/mol. The van der Waals surface area contributed by atoms with E-state index >= 15 is 0 Å². The molecular weight excluding hydrogens is 563 g/mol. The summed E-state index contributed by atoms with van der Waals surface area (Å²) in [5.41, 5.74) is 6.68. The van der Waals surface area contributed by atoms with Gasteiger partial charge in [-0.1, -0.05) is 58.4 Å². The van der Waals surface area contributed by atoms with Gasteiger partial charge in [-0.15, -0.1) is 0 Å². The van der Waals surface area contributed by atoms with Crippen molar-refractivity contribution in [2.75, 3.05) is 0 Å². The summed E-state index contributed by atoms with van der Waals surface area (Å²) in [6.07, 6.45) is 3.71. The molecule has 0 bridgehead atoms. The summed E-state index contributed by atoms with van der Waals surface area (Å²) in [7, 11) is -0.360. The van der Waals surface area contributed by atoms with Crippen LogP contribution in [0.25, 0.3) is 33.4 Å². The Kier molecular flexibility index (Phi) is 6.86. The van der Waals surface area contributed by atoms with Crippen LogP contribution < -0.4 is 5.46 Å². The summed E-state index contributed by atoms with van der Waals surface area (Å²) in [6.45, 7) is 8.26. The molecule has 0 saturated carbocycles. The molecule has 6 nitrogen and oxygen atoms in total. The molecule has 4 aromatic carbocycles. The van der Waals surface area contributed by atoms with E-state index in [0.717, 1.165) is 43.4 Å². The number of nitrogens with zero attached hydrogens (tertiary/aromatic N) is 4. The van der Waals surface area contributed by atoms with Crippen molar-refractivity contribution in [1.29, 1.82) is 0 Å². The van der Waals surface area contributed by atoms with Gasteiger partial charge < -0.3 is 9.31 Å². The molecule has 0 spiro atoms. The number of imidazole rings is 2. The summed E-state index contributed by atoms with van der Waals surface area (Å²) in [5, 5.41) is 0. The molecule has 0 unspecified atom stereocenters. The summed E-state index contributed by atoms with van der Waals surface area (Å²) < 4.78 is 17.5. The van der Waals surface area contributed by atoms with Gasteiger partial charge in [-0.2, -0.15) is 0 Å². The number of halogens is 1. The molecule has 0 aliphatic carbocycles. The topological polar surface area (TPSA) is 54.1 Å². The molecule has 1 fully saturated rings. The minimum Gasteiger partial charge on any atom is -0.399 e. The number of rotatable bonds is 3. The van der Waals surface area contributed by atoms with E-state index < -0.39 is 0 Å². The van der Waals surface area contributed by atoms with E-state index in [1.54, 1.807) is 0 Å². The minimum atomic E-state index is -0.360. The lowest BCUT2D eigenvalue weighted by atomic mass is 9.79. The third kappa shape index (κ3) is 4.99. The highest BCUT2D eigenvalue weighted by atomic mass is 79.9. The molecule has 0 N–H and O–H groups in total. The van der Waals surface area contributed by atoms with Crippen LogP contribution in [0.3, 0.4) is 0 Å². The standard InChI is InChI=1S/C19H21BN2O2.C13H9BrN2/c1-18(2)19(3,4)24-20(23-18)14-10-11-17-16(12-14)21-13-22(17)15-8-6-5-7-9-15;14-10-6-7-13-12(8-10)15-9-16(13)11-4-2-1-3-5-11/h5-13H,1-4H3;1-9H.